The van der Waals surface area contributed by atoms with Crippen LogP contribution in [0.1, 0.15) is 58.5 Å². The van der Waals surface area contributed by atoms with Crippen LogP contribution in [-0.4, -0.2) is 30.3 Å². The third-order valence-electron chi connectivity index (χ3n) is 3.31. The molecule has 0 aliphatic carbocycles. The molecule has 1 rings (SSSR count). The Labute approximate surface area is 142 Å². The first kappa shape index (κ1) is 21.0. The van der Waals surface area contributed by atoms with Crippen molar-refractivity contribution in [3.63, 3.8) is 0 Å². The van der Waals surface area contributed by atoms with Gasteiger partial charge >= 0.3 is 11.9 Å². The number of nitrogen functional groups attached to an aromatic ring is 1. The molecular weight excluding hydrogens is 322 g/mol. The molecule has 0 atom stereocenters. The van der Waals surface area contributed by atoms with E-state index >= 15 is 0 Å². The van der Waals surface area contributed by atoms with Gasteiger partial charge in [-0.1, -0.05) is 13.8 Å². The molecule has 0 amide bonds. The van der Waals surface area contributed by atoms with Crippen molar-refractivity contribution in [2.24, 2.45) is 0 Å². The van der Waals surface area contributed by atoms with Gasteiger partial charge in [0.2, 0.25) is 0 Å². The molecule has 7 heteroatoms. The van der Waals surface area contributed by atoms with E-state index in [1.807, 2.05) is 13.8 Å². The predicted octanol–water partition coefficient (Wildman–Crippen LogP) is 3.15. The van der Waals surface area contributed by atoms with Gasteiger partial charge in [0.1, 0.15) is 16.9 Å². The van der Waals surface area contributed by atoms with E-state index in [-0.39, 0.29) is 42.4 Å². The van der Waals surface area contributed by atoms with Crippen LogP contribution in [0.5, 0.6) is 5.75 Å². The first-order valence-corrected chi connectivity index (χ1v) is 7.32. The minimum atomic E-state index is -0.701. The quantitative estimate of drug-likeness (QED) is 0.467. The SMILES string of the molecule is CCCOC(=O)c1c(C)c(N)c(C)c(C(=O)OCCC)c1O.Cl. The zero-order valence-electron chi connectivity index (χ0n) is 13.9. The summed E-state index contributed by atoms with van der Waals surface area (Å²) in [5, 5.41) is 10.4. The van der Waals surface area contributed by atoms with E-state index in [0.29, 0.717) is 24.0 Å². The van der Waals surface area contributed by atoms with Gasteiger partial charge in [0.25, 0.3) is 0 Å². The summed E-state index contributed by atoms with van der Waals surface area (Å²) in [6.07, 6.45) is 1.30. The molecule has 1 aromatic carbocycles. The Morgan fingerprint density at radius 2 is 1.30 bits per heavy atom. The highest BCUT2D eigenvalue weighted by atomic mass is 35.5. The number of ether oxygens (including phenoxy) is 2. The summed E-state index contributed by atoms with van der Waals surface area (Å²) < 4.78 is 10.1. The smallest absolute Gasteiger partial charge is 0.342 e. The molecule has 1 aromatic rings. The Hall–Kier alpha value is -1.95. The van der Waals surface area contributed by atoms with Gasteiger partial charge in [-0.3, -0.25) is 0 Å². The molecule has 0 saturated heterocycles. The summed E-state index contributed by atoms with van der Waals surface area (Å²) in [5.41, 5.74) is 6.84. The molecule has 130 valence electrons. The van der Waals surface area contributed by atoms with Gasteiger partial charge in [-0.25, -0.2) is 9.59 Å². The number of carbonyl (C=O) groups is 2. The Morgan fingerprint density at radius 3 is 1.61 bits per heavy atom. The maximum Gasteiger partial charge on any atom is 0.342 e. The van der Waals surface area contributed by atoms with E-state index in [4.69, 9.17) is 15.2 Å². The molecule has 6 nitrogen and oxygen atoms in total. The monoisotopic (exact) mass is 345 g/mol. The number of aromatic hydroxyl groups is 1. The third-order valence-corrected chi connectivity index (χ3v) is 3.31. The number of phenolic OH excluding ortho intramolecular Hbond substituents is 1. The lowest BCUT2D eigenvalue weighted by molar-refractivity contribution is 0.0496. The van der Waals surface area contributed by atoms with Gasteiger partial charge < -0.3 is 20.3 Å². The van der Waals surface area contributed by atoms with Crippen molar-refractivity contribution in [3.05, 3.63) is 22.3 Å². The Kier molecular flexibility index (Phi) is 8.46. The molecule has 0 unspecified atom stereocenters. The lowest BCUT2D eigenvalue weighted by Crippen LogP contribution is -2.16. The highest BCUT2D eigenvalue weighted by molar-refractivity contribution is 6.04. The fraction of sp³-hybridized carbons (Fsp3) is 0.500. The summed E-state index contributed by atoms with van der Waals surface area (Å²) in [6, 6.07) is 0. The van der Waals surface area contributed by atoms with Crippen molar-refractivity contribution in [1.29, 1.82) is 0 Å². The second-order valence-electron chi connectivity index (χ2n) is 5.03. The van der Waals surface area contributed by atoms with Crippen LogP contribution >= 0.6 is 12.4 Å². The van der Waals surface area contributed by atoms with Crippen LogP contribution in [0.4, 0.5) is 5.69 Å². The average Bonchev–Trinajstić information content (AvgIpc) is 2.48. The Bertz CT molecular complexity index is 539. The lowest BCUT2D eigenvalue weighted by Gasteiger charge is -2.17. The van der Waals surface area contributed by atoms with Crippen LogP contribution in [0.2, 0.25) is 0 Å². The summed E-state index contributed by atoms with van der Waals surface area (Å²) >= 11 is 0. The number of anilines is 1. The molecule has 0 aromatic heterocycles. The molecule has 0 fully saturated rings. The molecule has 0 radical (unpaired) electrons. The van der Waals surface area contributed by atoms with Crippen molar-refractivity contribution in [3.8, 4) is 5.75 Å². The molecule has 0 saturated carbocycles. The zero-order chi connectivity index (χ0) is 16.9. The third kappa shape index (κ3) is 4.51. The predicted molar refractivity (Wildman–Crippen MR) is 90.4 cm³/mol. The summed E-state index contributed by atoms with van der Waals surface area (Å²) in [6.45, 7) is 7.37. The van der Waals surface area contributed by atoms with E-state index in [2.05, 4.69) is 0 Å². The summed E-state index contributed by atoms with van der Waals surface area (Å²) in [5.74, 6) is -1.84. The molecule has 0 heterocycles. The number of hydrogen-bond donors (Lipinski definition) is 2. The van der Waals surface area contributed by atoms with Crippen molar-refractivity contribution < 1.29 is 24.2 Å². The maximum absolute atomic E-state index is 12.1. The summed E-state index contributed by atoms with van der Waals surface area (Å²) in [7, 11) is 0. The van der Waals surface area contributed by atoms with Crippen LogP contribution in [-0.2, 0) is 9.47 Å². The van der Waals surface area contributed by atoms with Gasteiger partial charge in [0.15, 0.2) is 0 Å². The van der Waals surface area contributed by atoms with E-state index in [1.54, 1.807) is 13.8 Å². The van der Waals surface area contributed by atoms with Gasteiger partial charge in [0.05, 0.1) is 13.2 Å². The summed E-state index contributed by atoms with van der Waals surface area (Å²) in [4.78, 5) is 24.2. The number of benzene rings is 1. The second-order valence-corrected chi connectivity index (χ2v) is 5.03. The zero-order valence-corrected chi connectivity index (χ0v) is 14.7. The number of phenols is 1. The molecule has 0 bridgehead atoms. The number of rotatable bonds is 6. The standard InChI is InChI=1S/C16H23NO5.ClH/c1-5-7-21-15(19)11-9(3)13(17)10(4)12(14(11)18)16(20)22-8-6-2;/h18H,5-8,17H2,1-4H3;1H. The number of carbonyl (C=O) groups excluding carboxylic acids is 2. The van der Waals surface area contributed by atoms with Crippen LogP contribution in [0.3, 0.4) is 0 Å². The van der Waals surface area contributed by atoms with Crippen molar-refractivity contribution >= 4 is 30.0 Å². The van der Waals surface area contributed by atoms with Gasteiger partial charge in [-0.05, 0) is 37.8 Å². The second kappa shape index (κ2) is 9.25. The number of halogens is 1. The van der Waals surface area contributed by atoms with Crippen LogP contribution in [0, 0.1) is 13.8 Å². The molecule has 3 N–H and O–H groups in total. The number of nitrogens with two attached hydrogens (primary N) is 1. The molecule has 0 spiro atoms. The molecular formula is C16H24ClNO5. The van der Waals surface area contributed by atoms with Crippen LogP contribution in [0.25, 0.3) is 0 Å². The van der Waals surface area contributed by atoms with Gasteiger partial charge in [-0.2, -0.15) is 0 Å². The van der Waals surface area contributed by atoms with Crippen molar-refractivity contribution in [2.75, 3.05) is 18.9 Å². The molecule has 0 aliphatic rings. The molecule has 23 heavy (non-hydrogen) atoms. The lowest BCUT2D eigenvalue weighted by atomic mass is 9.95. The fourth-order valence-electron chi connectivity index (χ4n) is 2.06. The normalized spacial score (nSPS) is 9.91. The fourth-order valence-corrected chi connectivity index (χ4v) is 2.06. The minimum absolute atomic E-state index is 0. The average molecular weight is 346 g/mol. The van der Waals surface area contributed by atoms with Crippen molar-refractivity contribution in [1.82, 2.24) is 0 Å². The van der Waals surface area contributed by atoms with Gasteiger partial charge in [0, 0.05) is 5.69 Å². The first-order chi connectivity index (χ1) is 10.4. The Morgan fingerprint density at radius 1 is 0.957 bits per heavy atom. The van der Waals surface area contributed by atoms with E-state index in [0.717, 1.165) is 0 Å². The largest absolute Gasteiger partial charge is 0.506 e. The number of esters is 2. The van der Waals surface area contributed by atoms with Gasteiger partial charge in [-0.15, -0.1) is 12.4 Å². The minimum Gasteiger partial charge on any atom is -0.506 e. The van der Waals surface area contributed by atoms with E-state index in [1.165, 1.54) is 0 Å². The maximum atomic E-state index is 12.1. The highest BCUT2D eigenvalue weighted by Gasteiger charge is 2.27. The topological polar surface area (TPSA) is 98.9 Å². The number of hydrogen-bond acceptors (Lipinski definition) is 6. The van der Waals surface area contributed by atoms with Crippen LogP contribution < -0.4 is 5.73 Å². The van der Waals surface area contributed by atoms with Crippen molar-refractivity contribution in [2.45, 2.75) is 40.5 Å². The Balaban J connectivity index is 0.00000484. The first-order valence-electron chi connectivity index (χ1n) is 7.32. The van der Waals surface area contributed by atoms with E-state index < -0.39 is 17.7 Å². The molecule has 0 aliphatic heterocycles. The van der Waals surface area contributed by atoms with E-state index in [9.17, 15) is 14.7 Å². The highest BCUT2D eigenvalue weighted by Crippen LogP contribution is 2.35. The van der Waals surface area contributed by atoms with Crippen LogP contribution in [0.15, 0.2) is 0 Å².